The molecule has 0 aromatic carbocycles. The molecule has 0 radical (unpaired) electrons. The van der Waals surface area contributed by atoms with E-state index >= 15 is 0 Å². The molecule has 0 bridgehead atoms. The van der Waals surface area contributed by atoms with Crippen molar-refractivity contribution in [1.82, 2.24) is 19.5 Å². The van der Waals surface area contributed by atoms with E-state index in [1.54, 1.807) is 18.4 Å². The average Bonchev–Trinajstić information content (AvgIpc) is 3.47. The fraction of sp³-hybridized carbons (Fsp3) is 0.750. The van der Waals surface area contributed by atoms with Gasteiger partial charge in [0, 0.05) is 5.92 Å². The monoisotopic (exact) mass is 634 g/mol. The van der Waals surface area contributed by atoms with Crippen LogP contribution in [-0.4, -0.2) is 74.1 Å². The molecule has 2 aliphatic heterocycles. The number of amides is 1. The van der Waals surface area contributed by atoms with Crippen LogP contribution in [0.4, 0.5) is 5.95 Å². The number of hydrogen-bond acceptors (Lipinski definition) is 10. The number of aromatic amines is 1. The molecule has 2 N–H and O–H groups in total. The van der Waals surface area contributed by atoms with Gasteiger partial charge in [-0.2, -0.15) is 10.2 Å². The summed E-state index contributed by atoms with van der Waals surface area (Å²) in [6, 6.07) is 2.06. The van der Waals surface area contributed by atoms with Crippen molar-refractivity contribution in [2.24, 2.45) is 5.92 Å². The number of nitriles is 1. The Labute approximate surface area is 255 Å². The van der Waals surface area contributed by atoms with E-state index in [-0.39, 0.29) is 64.3 Å². The summed E-state index contributed by atoms with van der Waals surface area (Å²) in [6.45, 7) is 20.6. The maximum Gasteiger partial charge on any atom is 0.335 e. The zero-order valence-electron chi connectivity index (χ0n) is 26.8. The number of nitrogens with one attached hydrogen (secondary N) is 2. The van der Waals surface area contributed by atoms with E-state index in [9.17, 15) is 14.9 Å². The lowest BCUT2D eigenvalue weighted by molar-refractivity contribution is -0.118. The lowest BCUT2D eigenvalue weighted by Gasteiger charge is -2.51. The number of H-pyrrole nitrogens is 1. The van der Waals surface area contributed by atoms with E-state index in [0.717, 1.165) is 0 Å². The number of aromatic nitrogens is 4. The van der Waals surface area contributed by atoms with Gasteiger partial charge in [0.25, 0.3) is 5.56 Å². The maximum atomic E-state index is 12.9. The number of nitrogens with zero attached hydrogens (tertiary/aromatic N) is 4. The average molecular weight is 635 g/mol. The van der Waals surface area contributed by atoms with E-state index in [1.165, 1.54) is 6.33 Å². The van der Waals surface area contributed by atoms with E-state index in [0.29, 0.717) is 0 Å². The number of fused-ring (bicyclic) bond motifs is 2. The summed E-state index contributed by atoms with van der Waals surface area (Å²) >= 11 is 0. The summed E-state index contributed by atoms with van der Waals surface area (Å²) in [4.78, 5) is 36.7. The molecule has 43 heavy (non-hydrogen) atoms. The number of ether oxygens (including phenoxy) is 2. The first-order chi connectivity index (χ1) is 20.2. The van der Waals surface area contributed by atoms with Gasteiger partial charge in [0.15, 0.2) is 17.4 Å². The van der Waals surface area contributed by atoms with Crippen LogP contribution in [0.5, 0.6) is 0 Å². The van der Waals surface area contributed by atoms with Gasteiger partial charge in [0.2, 0.25) is 11.9 Å². The van der Waals surface area contributed by atoms with Crippen LogP contribution in [-0.2, 0) is 27.2 Å². The van der Waals surface area contributed by atoms with Gasteiger partial charge in [-0.15, -0.1) is 0 Å². The fourth-order valence-electron chi connectivity index (χ4n) is 6.09. The summed E-state index contributed by atoms with van der Waals surface area (Å²) in [5.74, 6) is -0.612. The molecule has 2 fully saturated rings. The quantitative estimate of drug-likeness (QED) is 0.376. The molecule has 2 saturated heterocycles. The van der Waals surface area contributed by atoms with Crippen LogP contribution in [0.1, 0.15) is 75.5 Å². The Hall–Kier alpha value is -2.46. The number of rotatable bonds is 9. The van der Waals surface area contributed by atoms with Crippen molar-refractivity contribution in [3.05, 3.63) is 16.7 Å². The van der Waals surface area contributed by atoms with E-state index < -0.39 is 47.2 Å². The summed E-state index contributed by atoms with van der Waals surface area (Å²) in [5.41, 5.74) is 0.251. The van der Waals surface area contributed by atoms with Gasteiger partial charge in [-0.25, -0.2) is 4.98 Å². The van der Waals surface area contributed by atoms with E-state index in [4.69, 9.17) is 22.4 Å². The smallest absolute Gasteiger partial charge is 0.335 e. The van der Waals surface area contributed by atoms with Crippen LogP contribution in [0.25, 0.3) is 11.2 Å². The topological polar surface area (TPSA) is 163 Å². The minimum atomic E-state index is -3.01. The van der Waals surface area contributed by atoms with Gasteiger partial charge >= 0.3 is 17.1 Å². The first-order valence-electron chi connectivity index (χ1n) is 15.1. The SMILES string of the molecule is CC(C)C(=O)Nc1nc2c(ncn2[C@@H]2O[C@@H]3CO[Si](C(C)C)(C(C)C)O[Si](C(C)C)(C(C)C)O[C@H]3[C@H]2OCC#N)c(=O)[nH]1. The zero-order valence-corrected chi connectivity index (χ0v) is 28.8. The molecule has 0 aliphatic carbocycles. The highest BCUT2D eigenvalue weighted by atomic mass is 28.5. The first kappa shape index (κ1) is 33.4. The predicted octanol–water partition coefficient (Wildman–Crippen LogP) is 4.48. The molecule has 0 spiro atoms. The Bertz CT molecular complexity index is 1390. The van der Waals surface area contributed by atoms with Gasteiger partial charge in [0.05, 0.1) is 19.0 Å². The lowest BCUT2D eigenvalue weighted by Crippen LogP contribution is -2.66. The van der Waals surface area contributed by atoms with Crippen LogP contribution < -0.4 is 10.9 Å². The summed E-state index contributed by atoms with van der Waals surface area (Å²) in [5, 5.41) is 12.1. The van der Waals surface area contributed by atoms with Gasteiger partial charge < -0.3 is 22.4 Å². The highest BCUT2D eigenvalue weighted by Gasteiger charge is 2.62. The normalized spacial score (nSPS) is 25.3. The van der Waals surface area contributed by atoms with Crippen molar-refractivity contribution < 1.29 is 27.2 Å². The largest absolute Gasteiger partial charge is 0.414 e. The molecule has 4 rings (SSSR count). The van der Waals surface area contributed by atoms with Gasteiger partial charge in [0.1, 0.15) is 24.9 Å². The van der Waals surface area contributed by atoms with Crippen LogP contribution in [0.15, 0.2) is 11.1 Å². The van der Waals surface area contributed by atoms with Crippen LogP contribution in [0.3, 0.4) is 0 Å². The van der Waals surface area contributed by atoms with Crippen LogP contribution >= 0.6 is 0 Å². The van der Waals surface area contributed by atoms with Crippen LogP contribution in [0, 0.1) is 17.2 Å². The first-order valence-corrected chi connectivity index (χ1v) is 19.1. The van der Waals surface area contributed by atoms with Gasteiger partial charge in [-0.1, -0.05) is 69.2 Å². The summed E-state index contributed by atoms with van der Waals surface area (Å²) in [7, 11) is -5.83. The fourth-order valence-corrected chi connectivity index (χ4v) is 17.3. The Morgan fingerprint density at radius 2 is 1.74 bits per heavy atom. The molecule has 1 amide bonds. The molecule has 2 aliphatic rings. The van der Waals surface area contributed by atoms with E-state index in [1.807, 2.05) is 0 Å². The molecule has 238 valence electrons. The number of carbonyl (C=O) groups excluding carboxylic acids is 1. The van der Waals surface area contributed by atoms with Gasteiger partial charge in [-0.3, -0.25) is 24.5 Å². The standard InChI is InChI=1S/C28H46N6O7Si2/c1-15(2)25(35)32-28-31-24-21(26(36)33-28)30-14-34(24)27-23(37-12-11-29)22-20(39-27)13-38-42(16(3)4,17(5)6)41-43(40-22,18(7)8)19(9)10/h14-20,22-23,27H,12-13H2,1-10H3,(H2,31,32,33,35,36)/t20-,22-,23-,27-/m1/s1. The minimum absolute atomic E-state index is 0.000121. The molecule has 13 nitrogen and oxygen atoms in total. The second-order valence-electron chi connectivity index (χ2n) is 12.9. The highest BCUT2D eigenvalue weighted by Crippen LogP contribution is 2.49. The number of carbonyl (C=O) groups is 1. The summed E-state index contributed by atoms with van der Waals surface area (Å²) < 4.78 is 35.7. The van der Waals surface area contributed by atoms with Crippen molar-refractivity contribution in [3.8, 4) is 6.07 Å². The Morgan fingerprint density at radius 3 is 2.30 bits per heavy atom. The third-order valence-electron chi connectivity index (χ3n) is 8.43. The number of anilines is 1. The Kier molecular flexibility index (Phi) is 10.0. The van der Waals surface area contributed by atoms with Gasteiger partial charge in [-0.05, 0) is 22.2 Å². The summed E-state index contributed by atoms with van der Waals surface area (Å²) in [6.07, 6.45) is -1.33. The van der Waals surface area contributed by atoms with Crippen molar-refractivity contribution in [2.75, 3.05) is 18.5 Å². The molecule has 2 aromatic rings. The molecule has 4 atom stereocenters. The molecule has 0 unspecified atom stereocenters. The van der Waals surface area contributed by atoms with Crippen molar-refractivity contribution >= 4 is 40.1 Å². The molecular formula is C28H46N6O7Si2. The van der Waals surface area contributed by atoms with Crippen molar-refractivity contribution in [1.29, 1.82) is 5.26 Å². The third kappa shape index (κ3) is 6.11. The third-order valence-corrected chi connectivity index (χ3v) is 18.7. The second-order valence-corrected chi connectivity index (χ2v) is 21.8. The highest BCUT2D eigenvalue weighted by molar-refractivity contribution is 6.84. The molecule has 2 aromatic heterocycles. The maximum absolute atomic E-state index is 12.9. The predicted molar refractivity (Wildman–Crippen MR) is 165 cm³/mol. The molecule has 4 heterocycles. The second kappa shape index (κ2) is 12.9. The zero-order chi connectivity index (χ0) is 31.9. The molecule has 15 heteroatoms. The van der Waals surface area contributed by atoms with E-state index in [2.05, 4.69) is 81.7 Å². The number of imidazole rings is 1. The number of hydrogen-bond donors (Lipinski definition) is 2. The van der Waals surface area contributed by atoms with Crippen molar-refractivity contribution in [3.63, 3.8) is 0 Å². The lowest BCUT2D eigenvalue weighted by atomic mass is 10.1. The van der Waals surface area contributed by atoms with Crippen LogP contribution in [0.2, 0.25) is 22.2 Å². The Morgan fingerprint density at radius 1 is 1.12 bits per heavy atom. The minimum Gasteiger partial charge on any atom is -0.414 e. The molecule has 0 saturated carbocycles. The van der Waals surface area contributed by atoms with Crippen molar-refractivity contribution in [2.45, 2.75) is 116 Å². The Balaban J connectivity index is 1.84. The molecular weight excluding hydrogens is 589 g/mol.